The van der Waals surface area contributed by atoms with Crippen LogP contribution in [0.3, 0.4) is 0 Å². The Morgan fingerprint density at radius 2 is 2.11 bits per heavy atom. The van der Waals surface area contributed by atoms with E-state index in [-0.39, 0.29) is 18.4 Å². The number of hydrogen-bond donors (Lipinski definition) is 2. The van der Waals surface area contributed by atoms with Crippen LogP contribution in [0, 0.1) is 12.8 Å². The first-order valence-electron chi connectivity index (χ1n) is 12.7. The molecule has 0 spiro atoms. The third kappa shape index (κ3) is 4.80. The number of amides is 1. The van der Waals surface area contributed by atoms with E-state index in [2.05, 4.69) is 32.7 Å². The molecule has 37 heavy (non-hydrogen) atoms. The molecule has 5 rings (SSSR count). The molecule has 192 valence electrons. The zero-order valence-electron chi connectivity index (χ0n) is 21.8. The van der Waals surface area contributed by atoms with Gasteiger partial charge in [0.1, 0.15) is 18.8 Å². The Hall–Kier alpha value is -3.11. The Balaban J connectivity index is 1.35. The Labute approximate surface area is 221 Å². The van der Waals surface area contributed by atoms with Crippen LogP contribution in [0.15, 0.2) is 45.5 Å². The SMILES string of the molecule is BBc1cc(C(C(=O)N2C[C@H](O)C[C@H]2C2=NOC(C)(c3ccc(-c4scnc4C)cc3)N2)C(C)C)on1. The number of carbonyl (C=O) groups is 1. The molecule has 0 aliphatic carbocycles. The van der Waals surface area contributed by atoms with Crippen LogP contribution in [-0.2, 0) is 15.4 Å². The van der Waals surface area contributed by atoms with Crippen LogP contribution in [0.1, 0.15) is 50.1 Å². The highest BCUT2D eigenvalue weighted by Crippen LogP contribution is 2.35. The van der Waals surface area contributed by atoms with Crippen LogP contribution in [0.5, 0.6) is 0 Å². The predicted molar refractivity (Wildman–Crippen MR) is 147 cm³/mol. The number of aliphatic hydroxyl groups excluding tert-OH is 1. The van der Waals surface area contributed by atoms with Crippen LogP contribution < -0.4 is 10.9 Å². The normalized spacial score (nSPS) is 24.1. The Bertz CT molecular complexity index is 1310. The average molecular weight is 519 g/mol. The third-order valence-corrected chi connectivity index (χ3v) is 8.17. The van der Waals surface area contributed by atoms with Crippen molar-refractivity contribution in [2.45, 2.75) is 57.9 Å². The second kappa shape index (κ2) is 9.98. The molecule has 1 amide bonds. The molecule has 4 atom stereocenters. The van der Waals surface area contributed by atoms with Crippen molar-refractivity contribution in [3.8, 4) is 10.4 Å². The van der Waals surface area contributed by atoms with E-state index in [4.69, 9.17) is 9.36 Å². The van der Waals surface area contributed by atoms with E-state index in [1.54, 1.807) is 16.2 Å². The van der Waals surface area contributed by atoms with Crippen molar-refractivity contribution in [1.29, 1.82) is 0 Å². The first-order valence-corrected chi connectivity index (χ1v) is 13.6. The number of amidine groups is 1. The molecule has 2 aromatic heterocycles. The number of benzene rings is 1. The number of rotatable bonds is 7. The van der Waals surface area contributed by atoms with Crippen molar-refractivity contribution in [3.63, 3.8) is 0 Å². The standard InChI is InChI=1S/C25H31B2N5O4S/c1-13(2)21(19-10-20(27-26)30-35-19)24(34)32-11-17(33)9-18(32)23-29-25(4,36-31-23)16-7-5-15(6-8-16)22-14(3)28-12-37-22/h5-8,10,12-13,17-18,21,27,33H,9,11,26H2,1-4H3,(H,29,31)/t17-,18+,21?,25?/m1/s1. The van der Waals surface area contributed by atoms with Crippen molar-refractivity contribution in [2.75, 3.05) is 6.54 Å². The lowest BCUT2D eigenvalue weighted by Crippen LogP contribution is -2.50. The number of thiazole rings is 1. The van der Waals surface area contributed by atoms with E-state index < -0.39 is 23.8 Å². The molecule has 0 radical (unpaired) electrons. The van der Waals surface area contributed by atoms with E-state index in [9.17, 15) is 9.90 Å². The molecule has 3 aromatic rings. The summed E-state index contributed by atoms with van der Waals surface area (Å²) in [6.45, 7) is 8.11. The minimum absolute atomic E-state index is 0.00997. The second-order valence-electron chi connectivity index (χ2n) is 10.3. The number of hydrogen-bond acceptors (Lipinski definition) is 9. The quantitative estimate of drug-likeness (QED) is 0.452. The van der Waals surface area contributed by atoms with Crippen LogP contribution in [0.25, 0.3) is 10.4 Å². The monoisotopic (exact) mass is 519 g/mol. The van der Waals surface area contributed by atoms with Gasteiger partial charge in [-0.25, -0.2) is 4.98 Å². The molecule has 2 unspecified atom stereocenters. The smallest absolute Gasteiger partial charge is 0.234 e. The molecule has 9 nitrogen and oxygen atoms in total. The number of aryl methyl sites for hydroxylation is 1. The average Bonchev–Trinajstić information content (AvgIpc) is 3.66. The fourth-order valence-electron chi connectivity index (χ4n) is 5.09. The summed E-state index contributed by atoms with van der Waals surface area (Å²) in [4.78, 5) is 26.9. The van der Waals surface area contributed by atoms with Crippen LogP contribution in [0.4, 0.5) is 0 Å². The highest BCUT2D eigenvalue weighted by atomic mass is 32.1. The van der Waals surface area contributed by atoms with Gasteiger partial charge in [-0.15, -0.1) is 11.3 Å². The molecule has 0 bridgehead atoms. The highest BCUT2D eigenvalue weighted by molar-refractivity contribution is 7.13. The number of aliphatic hydroxyl groups is 1. The first-order chi connectivity index (χ1) is 17.7. The number of nitrogens with one attached hydrogen (secondary N) is 1. The molecule has 1 fully saturated rings. The fourth-order valence-corrected chi connectivity index (χ4v) is 5.90. The van der Waals surface area contributed by atoms with Crippen LogP contribution in [-0.4, -0.2) is 65.5 Å². The van der Waals surface area contributed by atoms with Gasteiger partial charge in [0.25, 0.3) is 0 Å². The Morgan fingerprint density at radius 3 is 2.73 bits per heavy atom. The predicted octanol–water partition coefficient (Wildman–Crippen LogP) is 1.22. The van der Waals surface area contributed by atoms with E-state index >= 15 is 0 Å². The van der Waals surface area contributed by atoms with E-state index in [0.717, 1.165) is 34.5 Å². The van der Waals surface area contributed by atoms with E-state index in [1.807, 2.05) is 59.1 Å². The maximum absolute atomic E-state index is 13.8. The van der Waals surface area contributed by atoms with Crippen LogP contribution >= 0.6 is 11.3 Å². The lowest BCUT2D eigenvalue weighted by atomic mass is 9.53. The minimum Gasteiger partial charge on any atom is -0.391 e. The lowest BCUT2D eigenvalue weighted by molar-refractivity contribution is -0.134. The summed E-state index contributed by atoms with van der Waals surface area (Å²) >= 11 is 1.61. The van der Waals surface area contributed by atoms with Crippen molar-refractivity contribution in [1.82, 2.24) is 20.4 Å². The second-order valence-corrected chi connectivity index (χ2v) is 11.1. The fraction of sp³-hybridized carbons (Fsp3) is 0.440. The number of aromatic nitrogens is 2. The summed E-state index contributed by atoms with van der Waals surface area (Å²) < 4.78 is 5.55. The van der Waals surface area contributed by atoms with Gasteiger partial charge in [-0.1, -0.05) is 48.4 Å². The maximum atomic E-state index is 13.8. The van der Waals surface area contributed by atoms with Gasteiger partial charge in [0.2, 0.25) is 11.6 Å². The summed E-state index contributed by atoms with van der Waals surface area (Å²) in [5, 5.41) is 22.4. The summed E-state index contributed by atoms with van der Waals surface area (Å²) in [6, 6.07) is 9.54. The largest absolute Gasteiger partial charge is 0.391 e. The molecule has 12 heteroatoms. The molecule has 2 N–H and O–H groups in total. The first kappa shape index (κ1) is 25.5. The number of carbonyl (C=O) groups excluding carboxylic acids is 1. The van der Waals surface area contributed by atoms with Crippen LogP contribution in [0.2, 0.25) is 0 Å². The Morgan fingerprint density at radius 1 is 1.35 bits per heavy atom. The van der Waals surface area contributed by atoms with Crippen molar-refractivity contribution in [2.24, 2.45) is 11.1 Å². The Kier molecular flexibility index (Phi) is 6.89. The number of nitrogens with zero attached hydrogens (tertiary/aromatic N) is 4. The molecule has 4 heterocycles. The number of likely N-dealkylation sites (tertiary alicyclic amines) is 1. The van der Waals surface area contributed by atoms with Crippen molar-refractivity contribution >= 4 is 43.6 Å². The lowest BCUT2D eigenvalue weighted by Gasteiger charge is -2.30. The molecule has 0 saturated carbocycles. The summed E-state index contributed by atoms with van der Waals surface area (Å²) in [7, 11) is 2.73. The molecular weight excluding hydrogens is 488 g/mol. The highest BCUT2D eigenvalue weighted by Gasteiger charge is 2.46. The van der Waals surface area contributed by atoms with Crippen molar-refractivity contribution in [3.05, 3.63) is 52.9 Å². The van der Waals surface area contributed by atoms with Gasteiger partial charge in [0, 0.05) is 31.0 Å². The van der Waals surface area contributed by atoms with Gasteiger partial charge >= 0.3 is 0 Å². The maximum Gasteiger partial charge on any atom is 0.234 e. The molecule has 2 aliphatic heterocycles. The zero-order valence-corrected chi connectivity index (χ0v) is 22.6. The van der Waals surface area contributed by atoms with Gasteiger partial charge in [-0.3, -0.25) is 4.79 Å². The topological polar surface area (TPSA) is 113 Å². The van der Waals surface area contributed by atoms with E-state index in [1.165, 1.54) is 0 Å². The zero-order chi connectivity index (χ0) is 26.3. The van der Waals surface area contributed by atoms with Gasteiger partial charge in [0.15, 0.2) is 5.84 Å². The van der Waals surface area contributed by atoms with E-state index in [0.29, 0.717) is 18.0 Å². The number of β-amino-alcohol motifs (C(OH)–C–C–N with tert-alkyl or cyclic N) is 1. The van der Waals surface area contributed by atoms with Crippen molar-refractivity contribution < 1.29 is 19.3 Å². The van der Waals surface area contributed by atoms with Gasteiger partial charge < -0.3 is 24.7 Å². The minimum atomic E-state index is -0.892. The molecule has 1 saturated heterocycles. The third-order valence-electron chi connectivity index (χ3n) is 7.19. The molecule has 2 aliphatic rings. The van der Waals surface area contributed by atoms with Gasteiger partial charge in [-0.2, -0.15) is 0 Å². The van der Waals surface area contributed by atoms with Gasteiger partial charge in [-0.05, 0) is 24.5 Å². The molecular formula is C25H31B2N5O4S. The summed E-state index contributed by atoms with van der Waals surface area (Å²) in [5.41, 5.74) is 4.78. The molecule has 1 aromatic carbocycles. The van der Waals surface area contributed by atoms with Gasteiger partial charge in [0.05, 0.1) is 36.0 Å². The summed E-state index contributed by atoms with van der Waals surface area (Å²) in [5.74, 6) is 0.458. The summed E-state index contributed by atoms with van der Waals surface area (Å²) in [6.07, 6.45) is -0.275. The number of oxime groups is 1.